The van der Waals surface area contributed by atoms with E-state index in [-0.39, 0.29) is 17.6 Å². The molecule has 3 fully saturated rings. The second-order valence-corrected chi connectivity index (χ2v) is 10.4. The Labute approximate surface area is 154 Å². The van der Waals surface area contributed by atoms with Gasteiger partial charge in [-0.1, -0.05) is 18.9 Å². The molecule has 2 aliphatic heterocycles. The first-order valence-electron chi connectivity index (χ1n) is 9.54. The summed E-state index contributed by atoms with van der Waals surface area (Å²) in [5.74, 6) is 1.23. The molecule has 1 spiro atoms. The monoisotopic (exact) mass is 378 g/mol. The number of sulfone groups is 1. The lowest BCUT2D eigenvalue weighted by atomic mass is 9.83. The van der Waals surface area contributed by atoms with E-state index in [9.17, 15) is 13.2 Å². The topological polar surface area (TPSA) is 76.6 Å². The second kappa shape index (κ2) is 6.83. The standard InChI is InChI=1S/C19H26N2O4S/c22-18(11-15-5-1-2-6-15)21-13-19(14-21)16(8-10-26(19,23)24)12-25-17-7-3-4-9-20-17/h3-4,7,9,15-16H,1-2,5-6,8,10-14H2. The summed E-state index contributed by atoms with van der Waals surface area (Å²) in [7, 11) is -3.19. The van der Waals surface area contributed by atoms with Gasteiger partial charge in [0.25, 0.3) is 0 Å². The molecule has 26 heavy (non-hydrogen) atoms. The number of carbonyl (C=O) groups excluding carboxylic acids is 1. The minimum Gasteiger partial charge on any atom is -0.477 e. The van der Waals surface area contributed by atoms with Gasteiger partial charge in [-0.15, -0.1) is 0 Å². The molecule has 1 atom stereocenters. The Morgan fingerprint density at radius 3 is 2.69 bits per heavy atom. The minimum atomic E-state index is -3.19. The minimum absolute atomic E-state index is 0.0787. The third-order valence-electron chi connectivity index (χ3n) is 6.38. The third kappa shape index (κ3) is 3.10. The molecule has 1 aliphatic carbocycles. The summed E-state index contributed by atoms with van der Waals surface area (Å²) in [4.78, 5) is 18.4. The van der Waals surface area contributed by atoms with E-state index < -0.39 is 14.6 Å². The highest BCUT2D eigenvalue weighted by Crippen LogP contribution is 2.45. The first kappa shape index (κ1) is 17.8. The van der Waals surface area contributed by atoms with Crippen molar-refractivity contribution in [2.45, 2.75) is 43.3 Å². The smallest absolute Gasteiger partial charge is 0.222 e. The molecule has 3 aliphatic rings. The van der Waals surface area contributed by atoms with Gasteiger partial charge < -0.3 is 9.64 Å². The van der Waals surface area contributed by atoms with Crippen LogP contribution in [0.25, 0.3) is 0 Å². The number of hydrogen-bond donors (Lipinski definition) is 0. The van der Waals surface area contributed by atoms with E-state index in [0.29, 0.717) is 44.3 Å². The molecule has 4 rings (SSSR count). The number of likely N-dealkylation sites (tertiary alicyclic amines) is 1. The van der Waals surface area contributed by atoms with Crippen molar-refractivity contribution in [2.24, 2.45) is 11.8 Å². The summed E-state index contributed by atoms with van der Waals surface area (Å²) < 4.78 is 30.3. The highest BCUT2D eigenvalue weighted by molar-refractivity contribution is 7.93. The number of carbonyl (C=O) groups is 1. The lowest BCUT2D eigenvalue weighted by Gasteiger charge is -2.50. The summed E-state index contributed by atoms with van der Waals surface area (Å²) in [6.07, 6.45) is 7.51. The van der Waals surface area contributed by atoms with E-state index in [1.165, 1.54) is 12.8 Å². The molecule has 1 saturated carbocycles. The van der Waals surface area contributed by atoms with Crippen LogP contribution in [0.4, 0.5) is 0 Å². The molecule has 0 N–H and O–H groups in total. The second-order valence-electron chi connectivity index (χ2n) is 7.95. The van der Waals surface area contributed by atoms with Crippen LogP contribution < -0.4 is 4.74 Å². The van der Waals surface area contributed by atoms with Crippen LogP contribution in [0.15, 0.2) is 24.4 Å². The fourth-order valence-corrected chi connectivity index (χ4v) is 7.09. The molecule has 0 radical (unpaired) electrons. The van der Waals surface area contributed by atoms with Gasteiger partial charge in [0.15, 0.2) is 9.84 Å². The quantitative estimate of drug-likeness (QED) is 0.784. The van der Waals surface area contributed by atoms with E-state index in [2.05, 4.69) is 4.98 Å². The number of hydrogen-bond acceptors (Lipinski definition) is 5. The normalized spacial score (nSPS) is 26.8. The molecule has 0 aromatic carbocycles. The Kier molecular flexibility index (Phi) is 4.67. The molecule has 1 amide bonds. The molecule has 1 unspecified atom stereocenters. The van der Waals surface area contributed by atoms with Crippen molar-refractivity contribution in [3.63, 3.8) is 0 Å². The number of pyridine rings is 1. The number of amides is 1. The number of ether oxygens (including phenoxy) is 1. The van der Waals surface area contributed by atoms with Gasteiger partial charge >= 0.3 is 0 Å². The van der Waals surface area contributed by atoms with E-state index in [4.69, 9.17) is 4.74 Å². The molecule has 1 aromatic heterocycles. The summed E-state index contributed by atoms with van der Waals surface area (Å²) in [5.41, 5.74) is 0. The van der Waals surface area contributed by atoms with Crippen LogP contribution in [0.5, 0.6) is 5.88 Å². The van der Waals surface area contributed by atoms with Crippen molar-refractivity contribution in [3.8, 4) is 5.88 Å². The zero-order valence-electron chi connectivity index (χ0n) is 15.0. The summed E-state index contributed by atoms with van der Waals surface area (Å²) in [6.45, 7) is 0.995. The lowest BCUT2D eigenvalue weighted by molar-refractivity contribution is -0.138. The van der Waals surface area contributed by atoms with E-state index >= 15 is 0 Å². The van der Waals surface area contributed by atoms with E-state index in [1.54, 1.807) is 17.2 Å². The first-order valence-corrected chi connectivity index (χ1v) is 11.2. The largest absolute Gasteiger partial charge is 0.477 e. The maximum atomic E-state index is 12.7. The Balaban J connectivity index is 1.39. The molecular formula is C19H26N2O4S. The highest BCUT2D eigenvalue weighted by atomic mass is 32.2. The Morgan fingerprint density at radius 1 is 1.23 bits per heavy atom. The summed E-state index contributed by atoms with van der Waals surface area (Å²) in [5, 5.41) is 0. The van der Waals surface area contributed by atoms with Crippen LogP contribution in [0.2, 0.25) is 0 Å². The third-order valence-corrected chi connectivity index (χ3v) is 8.98. The van der Waals surface area contributed by atoms with Crippen molar-refractivity contribution in [2.75, 3.05) is 25.4 Å². The van der Waals surface area contributed by atoms with Crippen molar-refractivity contribution in [1.82, 2.24) is 9.88 Å². The van der Waals surface area contributed by atoms with Gasteiger partial charge in [0.2, 0.25) is 11.8 Å². The van der Waals surface area contributed by atoms with Gasteiger partial charge in [-0.05, 0) is 31.2 Å². The molecule has 2 saturated heterocycles. The summed E-state index contributed by atoms with van der Waals surface area (Å²) >= 11 is 0. The van der Waals surface area contributed by atoms with Gasteiger partial charge in [0, 0.05) is 37.7 Å². The Hall–Kier alpha value is -1.63. The average molecular weight is 378 g/mol. The van der Waals surface area contributed by atoms with Crippen LogP contribution in [0, 0.1) is 11.8 Å². The van der Waals surface area contributed by atoms with Crippen molar-refractivity contribution < 1.29 is 17.9 Å². The van der Waals surface area contributed by atoms with Crippen molar-refractivity contribution in [3.05, 3.63) is 24.4 Å². The molecule has 3 heterocycles. The van der Waals surface area contributed by atoms with Crippen molar-refractivity contribution in [1.29, 1.82) is 0 Å². The molecule has 7 heteroatoms. The maximum absolute atomic E-state index is 12.7. The fraction of sp³-hybridized carbons (Fsp3) is 0.684. The first-order chi connectivity index (χ1) is 12.5. The Bertz CT molecular complexity index is 753. The van der Waals surface area contributed by atoms with Crippen LogP contribution in [-0.2, 0) is 14.6 Å². The van der Waals surface area contributed by atoms with Crippen molar-refractivity contribution >= 4 is 15.7 Å². The molecule has 6 nitrogen and oxygen atoms in total. The van der Waals surface area contributed by atoms with Gasteiger partial charge in [0.05, 0.1) is 12.4 Å². The number of nitrogens with zero attached hydrogens (tertiary/aromatic N) is 2. The number of aromatic nitrogens is 1. The summed E-state index contributed by atoms with van der Waals surface area (Å²) in [6, 6.07) is 5.43. The average Bonchev–Trinajstić information content (AvgIpc) is 3.17. The fourth-order valence-electron chi connectivity index (χ4n) is 4.69. The van der Waals surface area contributed by atoms with Gasteiger partial charge in [0.1, 0.15) is 4.75 Å². The maximum Gasteiger partial charge on any atom is 0.222 e. The molecular weight excluding hydrogens is 352 g/mol. The van der Waals surface area contributed by atoms with Crippen LogP contribution >= 0.6 is 0 Å². The molecule has 0 bridgehead atoms. The lowest BCUT2D eigenvalue weighted by Crippen LogP contribution is -2.69. The Morgan fingerprint density at radius 2 is 2.00 bits per heavy atom. The van der Waals surface area contributed by atoms with Crippen LogP contribution in [0.3, 0.4) is 0 Å². The number of rotatable bonds is 5. The van der Waals surface area contributed by atoms with Gasteiger partial charge in [-0.25, -0.2) is 13.4 Å². The van der Waals surface area contributed by atoms with Gasteiger partial charge in [-0.2, -0.15) is 0 Å². The van der Waals surface area contributed by atoms with E-state index in [1.807, 2.05) is 12.1 Å². The molecule has 142 valence electrons. The van der Waals surface area contributed by atoms with Crippen LogP contribution in [-0.4, -0.2) is 54.4 Å². The van der Waals surface area contributed by atoms with Gasteiger partial charge in [-0.3, -0.25) is 4.79 Å². The van der Waals surface area contributed by atoms with E-state index in [0.717, 1.165) is 12.8 Å². The SMILES string of the molecule is O=C(CC1CCCC1)N1CC2(C1)C(COc1ccccn1)CCS2(=O)=O. The molecule has 1 aromatic rings. The predicted molar refractivity (Wildman–Crippen MR) is 97.5 cm³/mol. The van der Waals surface area contributed by atoms with Crippen LogP contribution in [0.1, 0.15) is 38.5 Å². The predicted octanol–water partition coefficient (Wildman–Crippen LogP) is 2.06. The zero-order chi connectivity index (χ0) is 18.2. The highest BCUT2D eigenvalue weighted by Gasteiger charge is 2.62. The zero-order valence-corrected chi connectivity index (χ0v) is 15.8.